The zero-order valence-corrected chi connectivity index (χ0v) is 7.59. The fraction of sp³-hybridized carbons (Fsp3) is 0.667. The van der Waals surface area contributed by atoms with Gasteiger partial charge in [-0.3, -0.25) is 0 Å². The van der Waals surface area contributed by atoms with E-state index in [0.717, 1.165) is 19.3 Å². The molecule has 0 amide bonds. The number of cyclic esters (lactones) is 1. The Morgan fingerprint density at radius 1 is 1.67 bits per heavy atom. The molecule has 1 atom stereocenters. The fourth-order valence-corrected chi connectivity index (χ4v) is 1.30. The Morgan fingerprint density at radius 3 is 2.75 bits per heavy atom. The van der Waals surface area contributed by atoms with Crippen LogP contribution in [0.15, 0.2) is 11.8 Å². The van der Waals surface area contributed by atoms with Gasteiger partial charge in [-0.15, -0.1) is 0 Å². The summed E-state index contributed by atoms with van der Waals surface area (Å²) >= 11 is 0. The van der Waals surface area contributed by atoms with Crippen molar-refractivity contribution in [2.45, 2.75) is 38.7 Å². The molecule has 0 aliphatic carbocycles. The highest BCUT2D eigenvalue weighted by Gasteiger charge is 2.36. The van der Waals surface area contributed by atoms with Crippen molar-refractivity contribution >= 4 is 5.97 Å². The summed E-state index contributed by atoms with van der Waals surface area (Å²) in [7, 11) is 0. The van der Waals surface area contributed by atoms with Gasteiger partial charge in [-0.05, 0) is 19.8 Å². The van der Waals surface area contributed by atoms with Crippen molar-refractivity contribution in [3.8, 4) is 0 Å². The van der Waals surface area contributed by atoms with Crippen LogP contribution in [0.1, 0.15) is 33.1 Å². The van der Waals surface area contributed by atoms with Crippen molar-refractivity contribution in [3.63, 3.8) is 0 Å². The molecule has 3 heteroatoms. The van der Waals surface area contributed by atoms with Gasteiger partial charge in [-0.1, -0.05) is 13.3 Å². The molecule has 0 saturated heterocycles. The normalized spacial score (nSPS) is 28.5. The molecule has 68 valence electrons. The van der Waals surface area contributed by atoms with Gasteiger partial charge in [0.25, 0.3) is 0 Å². The third-order valence-electron chi connectivity index (χ3n) is 2.22. The predicted octanol–water partition coefficient (Wildman–Crippen LogP) is 1.33. The average molecular weight is 169 g/mol. The first-order valence-electron chi connectivity index (χ1n) is 4.29. The second kappa shape index (κ2) is 3.17. The van der Waals surface area contributed by atoms with Crippen LogP contribution in [0.2, 0.25) is 0 Å². The molecular weight excluding hydrogens is 154 g/mol. The average Bonchev–Trinajstić information content (AvgIpc) is 2.23. The van der Waals surface area contributed by atoms with Crippen molar-refractivity contribution in [2.75, 3.05) is 0 Å². The van der Waals surface area contributed by atoms with Crippen LogP contribution in [-0.2, 0) is 9.53 Å². The van der Waals surface area contributed by atoms with Crippen LogP contribution < -0.4 is 5.73 Å². The lowest BCUT2D eigenvalue weighted by Gasteiger charge is -2.24. The molecule has 0 unspecified atom stereocenters. The molecule has 1 aliphatic heterocycles. The number of carbonyl (C=O) groups excluding carboxylic acids is 1. The van der Waals surface area contributed by atoms with E-state index in [0.29, 0.717) is 5.70 Å². The summed E-state index contributed by atoms with van der Waals surface area (Å²) in [6, 6.07) is 0. The summed E-state index contributed by atoms with van der Waals surface area (Å²) in [6.45, 7) is 3.96. The molecule has 0 radical (unpaired) electrons. The van der Waals surface area contributed by atoms with Crippen LogP contribution in [0.4, 0.5) is 0 Å². The highest BCUT2D eigenvalue weighted by molar-refractivity contribution is 5.86. The molecule has 3 nitrogen and oxygen atoms in total. The van der Waals surface area contributed by atoms with Crippen molar-refractivity contribution < 1.29 is 9.53 Å². The molecule has 2 N–H and O–H groups in total. The lowest BCUT2D eigenvalue weighted by atomic mass is 9.96. The maximum absolute atomic E-state index is 10.9. The van der Waals surface area contributed by atoms with Crippen LogP contribution in [0, 0.1) is 0 Å². The Hall–Kier alpha value is -0.990. The molecule has 0 bridgehead atoms. The van der Waals surface area contributed by atoms with Gasteiger partial charge in [0.1, 0.15) is 5.60 Å². The SMILES string of the molecule is CCCC[C@]1(C)OC(=O)C=C1N. The van der Waals surface area contributed by atoms with Gasteiger partial charge in [-0.25, -0.2) is 4.79 Å². The summed E-state index contributed by atoms with van der Waals surface area (Å²) < 4.78 is 5.11. The summed E-state index contributed by atoms with van der Waals surface area (Å²) in [6.07, 6.45) is 4.30. The van der Waals surface area contributed by atoms with E-state index >= 15 is 0 Å². The number of hydrogen-bond acceptors (Lipinski definition) is 3. The second-order valence-corrected chi connectivity index (χ2v) is 3.36. The zero-order valence-electron chi connectivity index (χ0n) is 7.59. The fourth-order valence-electron chi connectivity index (χ4n) is 1.30. The molecular formula is C9H15NO2. The van der Waals surface area contributed by atoms with Crippen molar-refractivity contribution in [1.29, 1.82) is 0 Å². The number of carbonyl (C=O) groups is 1. The smallest absolute Gasteiger partial charge is 0.333 e. The van der Waals surface area contributed by atoms with Crippen LogP contribution in [-0.4, -0.2) is 11.6 Å². The second-order valence-electron chi connectivity index (χ2n) is 3.36. The molecule has 1 heterocycles. The first-order valence-corrected chi connectivity index (χ1v) is 4.29. The minimum absolute atomic E-state index is 0.314. The topological polar surface area (TPSA) is 52.3 Å². The molecule has 1 rings (SSSR count). The van der Waals surface area contributed by atoms with E-state index in [4.69, 9.17) is 10.5 Å². The largest absolute Gasteiger partial charge is 0.450 e. The first kappa shape index (κ1) is 9.10. The number of hydrogen-bond donors (Lipinski definition) is 1. The Bertz CT molecular complexity index is 223. The zero-order chi connectivity index (χ0) is 9.19. The predicted molar refractivity (Wildman–Crippen MR) is 46.3 cm³/mol. The number of esters is 1. The Morgan fingerprint density at radius 2 is 2.33 bits per heavy atom. The van der Waals surface area contributed by atoms with Crippen LogP contribution in [0.3, 0.4) is 0 Å². The van der Waals surface area contributed by atoms with Crippen LogP contribution in [0.5, 0.6) is 0 Å². The maximum Gasteiger partial charge on any atom is 0.333 e. The van der Waals surface area contributed by atoms with E-state index in [1.165, 1.54) is 6.08 Å². The molecule has 0 spiro atoms. The third kappa shape index (κ3) is 1.60. The lowest BCUT2D eigenvalue weighted by Crippen LogP contribution is -2.31. The van der Waals surface area contributed by atoms with Crippen LogP contribution in [0.25, 0.3) is 0 Å². The molecule has 12 heavy (non-hydrogen) atoms. The Balaban J connectivity index is 2.61. The minimum Gasteiger partial charge on any atom is -0.450 e. The molecule has 1 aliphatic rings. The summed E-state index contributed by atoms with van der Waals surface area (Å²) in [4.78, 5) is 10.9. The minimum atomic E-state index is -0.535. The van der Waals surface area contributed by atoms with E-state index < -0.39 is 5.60 Å². The van der Waals surface area contributed by atoms with E-state index in [-0.39, 0.29) is 5.97 Å². The van der Waals surface area contributed by atoms with Gasteiger partial charge in [0.2, 0.25) is 0 Å². The monoisotopic (exact) mass is 169 g/mol. The highest BCUT2D eigenvalue weighted by Crippen LogP contribution is 2.29. The molecule has 0 fully saturated rings. The van der Waals surface area contributed by atoms with E-state index in [9.17, 15) is 4.79 Å². The van der Waals surface area contributed by atoms with Crippen molar-refractivity contribution in [3.05, 3.63) is 11.8 Å². The quantitative estimate of drug-likeness (QED) is 0.648. The number of ether oxygens (including phenoxy) is 1. The lowest BCUT2D eigenvalue weighted by molar-refractivity contribution is -0.145. The van der Waals surface area contributed by atoms with Gasteiger partial charge in [0, 0.05) is 6.08 Å². The van der Waals surface area contributed by atoms with Gasteiger partial charge >= 0.3 is 5.97 Å². The number of unbranched alkanes of at least 4 members (excludes halogenated alkanes) is 1. The number of nitrogens with two attached hydrogens (primary N) is 1. The first-order chi connectivity index (χ1) is 5.58. The molecule has 0 aromatic carbocycles. The third-order valence-corrected chi connectivity index (χ3v) is 2.22. The van der Waals surface area contributed by atoms with Gasteiger partial charge in [-0.2, -0.15) is 0 Å². The Kier molecular flexibility index (Phi) is 2.40. The van der Waals surface area contributed by atoms with Crippen molar-refractivity contribution in [2.24, 2.45) is 5.73 Å². The summed E-state index contributed by atoms with van der Waals surface area (Å²) in [5.41, 5.74) is 5.68. The molecule has 0 saturated carbocycles. The summed E-state index contributed by atoms with van der Waals surface area (Å²) in [5.74, 6) is -0.314. The standard InChI is InChI=1S/C9H15NO2/c1-3-4-5-9(2)7(10)6-8(11)12-9/h6H,3-5,10H2,1-2H3/t9-/m0/s1. The van der Waals surface area contributed by atoms with Gasteiger partial charge in [0.05, 0.1) is 5.70 Å². The van der Waals surface area contributed by atoms with E-state index in [1.54, 1.807) is 0 Å². The summed E-state index contributed by atoms with van der Waals surface area (Å²) in [5, 5.41) is 0. The van der Waals surface area contributed by atoms with Crippen LogP contribution >= 0.6 is 0 Å². The van der Waals surface area contributed by atoms with E-state index in [2.05, 4.69) is 6.92 Å². The van der Waals surface area contributed by atoms with Gasteiger partial charge < -0.3 is 10.5 Å². The van der Waals surface area contributed by atoms with Gasteiger partial charge in [0.15, 0.2) is 0 Å². The number of rotatable bonds is 3. The van der Waals surface area contributed by atoms with E-state index in [1.807, 2.05) is 6.92 Å². The maximum atomic E-state index is 10.9. The van der Waals surface area contributed by atoms with Crippen molar-refractivity contribution in [1.82, 2.24) is 0 Å². The molecule has 0 aromatic heterocycles. The molecule has 0 aromatic rings. The highest BCUT2D eigenvalue weighted by atomic mass is 16.6. The Labute approximate surface area is 72.6 Å².